The minimum Gasteiger partial charge on any atom is -0.349 e. The molecule has 2 rings (SSSR count). The van der Waals surface area contributed by atoms with Crippen LogP contribution in [-0.2, 0) is 4.79 Å². The Kier molecular flexibility index (Phi) is 2.06. The van der Waals surface area contributed by atoms with E-state index in [2.05, 4.69) is 24.2 Å². The van der Waals surface area contributed by atoms with Crippen LogP contribution in [0, 0.1) is 0 Å². The number of carbonyl (C=O) groups is 1. The highest BCUT2D eigenvalue weighted by Crippen LogP contribution is 2.32. The molecule has 3 heteroatoms. The summed E-state index contributed by atoms with van der Waals surface area (Å²) in [6, 6.07) is 0.555. The van der Waals surface area contributed by atoms with Gasteiger partial charge in [0.15, 0.2) is 0 Å². The zero-order valence-electron chi connectivity index (χ0n) is 8.47. The second-order valence-corrected chi connectivity index (χ2v) is 4.60. The van der Waals surface area contributed by atoms with Crippen molar-refractivity contribution in [2.24, 2.45) is 0 Å². The molecular formula is C10H18N2O. The summed E-state index contributed by atoms with van der Waals surface area (Å²) in [4.78, 5) is 13.6. The van der Waals surface area contributed by atoms with Crippen LogP contribution in [0.4, 0.5) is 0 Å². The molecule has 0 spiro atoms. The van der Waals surface area contributed by atoms with E-state index in [0.29, 0.717) is 12.5 Å². The predicted octanol–water partition coefficient (Wildman–Crippen LogP) is 0.749. The van der Waals surface area contributed by atoms with Gasteiger partial charge in [0, 0.05) is 12.5 Å². The summed E-state index contributed by atoms with van der Waals surface area (Å²) in [6.45, 7) is 3.36. The molecule has 2 atom stereocenters. The summed E-state index contributed by atoms with van der Waals surface area (Å²) in [5.41, 5.74) is 0.0440. The van der Waals surface area contributed by atoms with E-state index in [1.165, 1.54) is 19.4 Å². The van der Waals surface area contributed by atoms with Crippen molar-refractivity contribution in [1.82, 2.24) is 10.2 Å². The number of nitrogens with one attached hydrogen (secondary N) is 1. The van der Waals surface area contributed by atoms with Crippen molar-refractivity contribution in [2.75, 3.05) is 13.6 Å². The van der Waals surface area contributed by atoms with Crippen LogP contribution >= 0.6 is 0 Å². The van der Waals surface area contributed by atoms with Crippen molar-refractivity contribution in [3.05, 3.63) is 0 Å². The first-order chi connectivity index (χ1) is 6.12. The van der Waals surface area contributed by atoms with Crippen LogP contribution in [-0.4, -0.2) is 36.0 Å². The first kappa shape index (κ1) is 9.00. The van der Waals surface area contributed by atoms with E-state index in [1.54, 1.807) is 0 Å². The molecule has 3 nitrogen and oxygen atoms in total. The summed E-state index contributed by atoms with van der Waals surface area (Å²) >= 11 is 0. The van der Waals surface area contributed by atoms with Gasteiger partial charge in [-0.05, 0) is 39.8 Å². The van der Waals surface area contributed by atoms with Crippen molar-refractivity contribution in [1.29, 1.82) is 0 Å². The normalized spacial score (nSPS) is 41.1. The molecule has 0 aliphatic carbocycles. The molecule has 0 saturated carbocycles. The quantitative estimate of drug-likeness (QED) is 0.649. The minimum atomic E-state index is 0.0440. The number of likely N-dealkylation sites (N-methyl/N-ethyl adjacent to an activating group) is 1. The van der Waals surface area contributed by atoms with Gasteiger partial charge in [-0.2, -0.15) is 0 Å². The molecule has 0 aromatic rings. The van der Waals surface area contributed by atoms with Gasteiger partial charge in [0.2, 0.25) is 5.91 Å². The molecule has 74 valence electrons. The largest absolute Gasteiger partial charge is 0.349 e. The highest BCUT2D eigenvalue weighted by molar-refractivity contribution is 5.79. The van der Waals surface area contributed by atoms with E-state index in [9.17, 15) is 4.79 Å². The highest BCUT2D eigenvalue weighted by Gasteiger charge is 2.43. The summed E-state index contributed by atoms with van der Waals surface area (Å²) in [6.07, 6.45) is 4.21. The molecule has 2 fully saturated rings. The second kappa shape index (κ2) is 2.98. The van der Waals surface area contributed by atoms with Crippen molar-refractivity contribution in [3.63, 3.8) is 0 Å². The monoisotopic (exact) mass is 182 g/mol. The standard InChI is InChI=1S/C10H18N2O/c1-10(6-5-9(13)11-10)8-4-3-7-12(8)2/h8H,3-7H2,1-2H3,(H,11,13). The molecule has 2 heterocycles. The Morgan fingerprint density at radius 1 is 1.62 bits per heavy atom. The van der Waals surface area contributed by atoms with Gasteiger partial charge in [0.25, 0.3) is 0 Å². The van der Waals surface area contributed by atoms with Crippen LogP contribution in [0.1, 0.15) is 32.6 Å². The second-order valence-electron chi connectivity index (χ2n) is 4.60. The van der Waals surface area contributed by atoms with Crippen LogP contribution in [0.15, 0.2) is 0 Å². The lowest BCUT2D eigenvalue weighted by molar-refractivity contribution is -0.120. The first-order valence-electron chi connectivity index (χ1n) is 5.13. The molecule has 0 aromatic carbocycles. The third kappa shape index (κ3) is 1.46. The van der Waals surface area contributed by atoms with Crippen LogP contribution in [0.3, 0.4) is 0 Å². The van der Waals surface area contributed by atoms with Gasteiger partial charge >= 0.3 is 0 Å². The summed E-state index contributed by atoms with van der Waals surface area (Å²) in [7, 11) is 2.16. The first-order valence-corrected chi connectivity index (χ1v) is 5.13. The number of likely N-dealkylation sites (tertiary alicyclic amines) is 1. The summed E-state index contributed by atoms with van der Waals surface area (Å²) < 4.78 is 0. The van der Waals surface area contributed by atoms with E-state index >= 15 is 0 Å². The Morgan fingerprint density at radius 2 is 2.38 bits per heavy atom. The molecule has 0 radical (unpaired) electrons. The Balaban J connectivity index is 2.10. The highest BCUT2D eigenvalue weighted by atomic mass is 16.2. The van der Waals surface area contributed by atoms with Crippen molar-refractivity contribution < 1.29 is 4.79 Å². The Hall–Kier alpha value is -0.570. The topological polar surface area (TPSA) is 32.3 Å². The minimum absolute atomic E-state index is 0.0440. The summed E-state index contributed by atoms with van der Waals surface area (Å²) in [5, 5.41) is 3.12. The molecule has 1 amide bonds. The van der Waals surface area contributed by atoms with E-state index in [1.807, 2.05) is 0 Å². The van der Waals surface area contributed by atoms with Crippen molar-refractivity contribution in [2.45, 2.75) is 44.2 Å². The third-order valence-electron chi connectivity index (χ3n) is 3.55. The average Bonchev–Trinajstić information content (AvgIpc) is 2.59. The molecule has 13 heavy (non-hydrogen) atoms. The number of amides is 1. The van der Waals surface area contributed by atoms with E-state index in [-0.39, 0.29) is 11.4 Å². The zero-order chi connectivity index (χ0) is 9.47. The molecule has 2 aliphatic rings. The summed E-state index contributed by atoms with van der Waals surface area (Å²) in [5.74, 6) is 0.225. The predicted molar refractivity (Wildman–Crippen MR) is 51.4 cm³/mol. The van der Waals surface area contributed by atoms with Gasteiger partial charge in [0.05, 0.1) is 5.54 Å². The zero-order valence-corrected chi connectivity index (χ0v) is 8.47. The maximum atomic E-state index is 11.2. The Bertz CT molecular complexity index is 229. The third-order valence-corrected chi connectivity index (χ3v) is 3.55. The SMILES string of the molecule is CN1CCCC1C1(C)CCC(=O)N1. The van der Waals surface area contributed by atoms with Crippen LogP contribution in [0.5, 0.6) is 0 Å². The maximum Gasteiger partial charge on any atom is 0.220 e. The van der Waals surface area contributed by atoms with Crippen molar-refractivity contribution in [3.8, 4) is 0 Å². The fourth-order valence-corrected chi connectivity index (χ4v) is 2.78. The number of hydrogen-bond acceptors (Lipinski definition) is 2. The van der Waals surface area contributed by atoms with Crippen LogP contribution < -0.4 is 5.32 Å². The Morgan fingerprint density at radius 3 is 2.85 bits per heavy atom. The van der Waals surface area contributed by atoms with Crippen LogP contribution in [0.25, 0.3) is 0 Å². The number of carbonyl (C=O) groups excluding carboxylic acids is 1. The van der Waals surface area contributed by atoms with Gasteiger partial charge < -0.3 is 10.2 Å². The number of rotatable bonds is 1. The molecular weight excluding hydrogens is 164 g/mol. The van der Waals surface area contributed by atoms with Crippen LogP contribution in [0.2, 0.25) is 0 Å². The lowest BCUT2D eigenvalue weighted by Gasteiger charge is -2.35. The fourth-order valence-electron chi connectivity index (χ4n) is 2.78. The van der Waals surface area contributed by atoms with Crippen molar-refractivity contribution >= 4 is 5.91 Å². The number of hydrogen-bond donors (Lipinski definition) is 1. The molecule has 0 bridgehead atoms. The Labute approximate surface area is 79.5 Å². The molecule has 1 N–H and O–H groups in total. The lowest BCUT2D eigenvalue weighted by Crippen LogP contribution is -2.53. The average molecular weight is 182 g/mol. The van der Waals surface area contributed by atoms with E-state index < -0.39 is 0 Å². The smallest absolute Gasteiger partial charge is 0.220 e. The van der Waals surface area contributed by atoms with Gasteiger partial charge in [0.1, 0.15) is 0 Å². The van der Waals surface area contributed by atoms with Gasteiger partial charge in [-0.1, -0.05) is 0 Å². The molecule has 2 aliphatic heterocycles. The molecule has 2 unspecified atom stereocenters. The maximum absolute atomic E-state index is 11.2. The van der Waals surface area contributed by atoms with E-state index in [4.69, 9.17) is 0 Å². The van der Waals surface area contributed by atoms with Gasteiger partial charge in [-0.25, -0.2) is 0 Å². The van der Waals surface area contributed by atoms with Gasteiger partial charge in [-0.15, -0.1) is 0 Å². The van der Waals surface area contributed by atoms with Gasteiger partial charge in [-0.3, -0.25) is 4.79 Å². The fraction of sp³-hybridized carbons (Fsp3) is 0.900. The molecule has 2 saturated heterocycles. The lowest BCUT2D eigenvalue weighted by atomic mass is 9.89. The number of nitrogens with zero attached hydrogens (tertiary/aromatic N) is 1. The molecule has 0 aromatic heterocycles. The van der Waals surface area contributed by atoms with E-state index in [0.717, 1.165) is 6.42 Å².